The van der Waals surface area contributed by atoms with Crippen LogP contribution >= 0.6 is 23.5 Å². The van der Waals surface area contributed by atoms with Crippen LogP contribution < -0.4 is 9.64 Å². The summed E-state index contributed by atoms with van der Waals surface area (Å²) in [5, 5.41) is 8.90. The lowest BCUT2D eigenvalue weighted by Gasteiger charge is -2.30. The van der Waals surface area contributed by atoms with Crippen LogP contribution in [0.2, 0.25) is 0 Å². The third-order valence-corrected chi connectivity index (χ3v) is 6.91. The predicted molar refractivity (Wildman–Crippen MR) is 123 cm³/mol. The number of benzene rings is 3. The average Bonchev–Trinajstić information content (AvgIpc) is 3.29. The maximum absolute atomic E-state index is 13.4. The number of nitrogens with zero attached hydrogens (tertiary/aromatic N) is 4. The lowest BCUT2D eigenvalue weighted by molar-refractivity contribution is -0.115. The number of hydrogen-bond donors (Lipinski definition) is 0. The molecule has 0 fully saturated rings. The van der Waals surface area contributed by atoms with Gasteiger partial charge >= 0.3 is 0 Å². The first-order valence-electron chi connectivity index (χ1n) is 9.61. The van der Waals surface area contributed by atoms with Crippen molar-refractivity contribution in [2.45, 2.75) is 14.9 Å². The first-order chi connectivity index (χ1) is 15.2. The van der Waals surface area contributed by atoms with Crippen LogP contribution in [0.5, 0.6) is 5.75 Å². The van der Waals surface area contributed by atoms with E-state index in [0.29, 0.717) is 5.16 Å². The highest BCUT2D eigenvalue weighted by atomic mass is 32.2. The molecule has 3 aromatic carbocycles. The zero-order chi connectivity index (χ0) is 21.2. The standard InChI is InChI=1S/C23H18N4O2S2/c1-29-17-8-6-7-16(13-17)26-15-24-25-23(26)30-14-22(28)27-18-9-2-4-11-20(18)31-21-12-5-3-10-19(21)27/h2-13,15H,14H2,1H3. The molecule has 0 aliphatic carbocycles. The van der Waals surface area contributed by atoms with Gasteiger partial charge in [-0.05, 0) is 36.4 Å². The van der Waals surface area contributed by atoms with Crippen LogP contribution in [-0.4, -0.2) is 33.5 Å². The Bertz CT molecular complexity index is 1210. The van der Waals surface area contributed by atoms with Crippen molar-refractivity contribution in [2.24, 2.45) is 0 Å². The molecule has 0 bridgehead atoms. The molecule has 0 saturated carbocycles. The summed E-state index contributed by atoms with van der Waals surface area (Å²) in [6.07, 6.45) is 1.64. The molecule has 8 heteroatoms. The number of carbonyl (C=O) groups excluding carboxylic acids is 1. The highest BCUT2D eigenvalue weighted by Gasteiger charge is 2.28. The number of methoxy groups -OCH3 is 1. The molecular formula is C23H18N4O2S2. The molecule has 154 valence electrons. The molecule has 2 heterocycles. The normalized spacial score (nSPS) is 12.2. The van der Waals surface area contributed by atoms with E-state index in [1.165, 1.54) is 11.8 Å². The maximum atomic E-state index is 13.4. The van der Waals surface area contributed by atoms with Crippen molar-refractivity contribution >= 4 is 40.8 Å². The number of thioether (sulfide) groups is 1. The fourth-order valence-corrected chi connectivity index (χ4v) is 5.26. The summed E-state index contributed by atoms with van der Waals surface area (Å²) < 4.78 is 7.17. The molecule has 0 atom stereocenters. The van der Waals surface area contributed by atoms with Gasteiger partial charge in [0.15, 0.2) is 5.16 Å². The van der Waals surface area contributed by atoms with Crippen LogP contribution in [0.25, 0.3) is 5.69 Å². The van der Waals surface area contributed by atoms with Crippen LogP contribution in [0.1, 0.15) is 0 Å². The van der Waals surface area contributed by atoms with E-state index in [4.69, 9.17) is 4.74 Å². The Labute approximate surface area is 188 Å². The number of aromatic nitrogens is 3. The number of fused-ring (bicyclic) bond motifs is 2. The summed E-state index contributed by atoms with van der Waals surface area (Å²) in [6, 6.07) is 23.6. The number of carbonyl (C=O) groups is 1. The molecular weight excluding hydrogens is 428 g/mol. The monoisotopic (exact) mass is 446 g/mol. The van der Waals surface area contributed by atoms with Crippen LogP contribution in [0.4, 0.5) is 11.4 Å². The van der Waals surface area contributed by atoms with Crippen LogP contribution in [-0.2, 0) is 4.79 Å². The summed E-state index contributed by atoms with van der Waals surface area (Å²) in [7, 11) is 1.63. The molecule has 1 aromatic heterocycles. The Balaban J connectivity index is 1.41. The van der Waals surface area contributed by atoms with Gasteiger partial charge in [0.25, 0.3) is 0 Å². The van der Waals surface area contributed by atoms with Gasteiger partial charge in [0.1, 0.15) is 12.1 Å². The predicted octanol–water partition coefficient (Wildman–Crippen LogP) is 5.20. The summed E-state index contributed by atoms with van der Waals surface area (Å²) in [5.41, 5.74) is 2.70. The van der Waals surface area contributed by atoms with E-state index in [1.54, 1.807) is 30.1 Å². The van der Waals surface area contributed by atoms with Gasteiger partial charge < -0.3 is 4.74 Å². The summed E-state index contributed by atoms with van der Waals surface area (Å²) in [5.74, 6) is 0.971. The van der Waals surface area contributed by atoms with Crippen LogP contribution in [0.15, 0.2) is 94.1 Å². The van der Waals surface area contributed by atoms with Gasteiger partial charge in [-0.3, -0.25) is 14.3 Å². The molecule has 5 rings (SSSR count). The molecule has 0 saturated heterocycles. The average molecular weight is 447 g/mol. The number of amides is 1. The van der Waals surface area contributed by atoms with Crippen molar-refractivity contribution < 1.29 is 9.53 Å². The smallest absolute Gasteiger partial charge is 0.242 e. The lowest BCUT2D eigenvalue weighted by Crippen LogP contribution is -2.30. The fourth-order valence-electron chi connectivity index (χ4n) is 3.42. The topological polar surface area (TPSA) is 60.2 Å². The minimum atomic E-state index is -0.00890. The van der Waals surface area contributed by atoms with E-state index in [9.17, 15) is 4.79 Å². The second kappa shape index (κ2) is 8.49. The number of hydrogen-bond acceptors (Lipinski definition) is 6. The largest absolute Gasteiger partial charge is 0.497 e. The summed E-state index contributed by atoms with van der Waals surface area (Å²) >= 11 is 3.05. The molecule has 0 unspecified atom stereocenters. The molecule has 1 aliphatic rings. The van der Waals surface area contributed by atoms with E-state index in [2.05, 4.69) is 10.2 Å². The van der Waals surface area contributed by atoms with Gasteiger partial charge in [0.05, 0.1) is 29.9 Å². The Morgan fingerprint density at radius 3 is 2.42 bits per heavy atom. The van der Waals surface area contributed by atoms with Crippen molar-refractivity contribution in [3.8, 4) is 11.4 Å². The highest BCUT2D eigenvalue weighted by molar-refractivity contribution is 8.00. The second-order valence-corrected chi connectivity index (χ2v) is 8.77. The van der Waals surface area contributed by atoms with E-state index in [-0.39, 0.29) is 11.7 Å². The van der Waals surface area contributed by atoms with E-state index in [0.717, 1.165) is 32.6 Å². The van der Waals surface area contributed by atoms with Crippen molar-refractivity contribution in [3.63, 3.8) is 0 Å². The second-order valence-electron chi connectivity index (χ2n) is 6.74. The lowest BCUT2D eigenvalue weighted by atomic mass is 10.2. The van der Waals surface area contributed by atoms with E-state index < -0.39 is 0 Å². The highest BCUT2D eigenvalue weighted by Crippen LogP contribution is 2.48. The molecule has 1 aliphatic heterocycles. The number of ether oxygens (including phenoxy) is 1. The SMILES string of the molecule is COc1cccc(-n2cnnc2SCC(=O)N2c3ccccc3Sc3ccccc32)c1. The number of para-hydroxylation sites is 2. The van der Waals surface area contributed by atoms with Crippen molar-refractivity contribution in [3.05, 3.63) is 79.1 Å². The first kappa shape index (κ1) is 19.7. The Morgan fingerprint density at radius 2 is 1.71 bits per heavy atom. The minimum Gasteiger partial charge on any atom is -0.497 e. The number of anilines is 2. The third-order valence-electron chi connectivity index (χ3n) is 4.85. The summed E-state index contributed by atoms with van der Waals surface area (Å²) in [6.45, 7) is 0. The molecule has 0 radical (unpaired) electrons. The van der Waals surface area contributed by atoms with Crippen molar-refractivity contribution in [1.29, 1.82) is 0 Å². The number of rotatable bonds is 5. The first-order valence-corrected chi connectivity index (χ1v) is 11.4. The molecule has 31 heavy (non-hydrogen) atoms. The molecule has 0 spiro atoms. The molecule has 0 N–H and O–H groups in total. The van der Waals surface area contributed by atoms with E-state index in [1.807, 2.05) is 77.4 Å². The van der Waals surface area contributed by atoms with Gasteiger partial charge in [-0.15, -0.1) is 10.2 Å². The molecule has 4 aromatic rings. The van der Waals surface area contributed by atoms with Crippen LogP contribution in [0, 0.1) is 0 Å². The quantitative estimate of drug-likeness (QED) is 0.393. The van der Waals surface area contributed by atoms with Crippen LogP contribution in [0.3, 0.4) is 0 Å². The summed E-state index contributed by atoms with van der Waals surface area (Å²) in [4.78, 5) is 17.3. The van der Waals surface area contributed by atoms with Gasteiger partial charge in [-0.1, -0.05) is 53.9 Å². The zero-order valence-corrected chi connectivity index (χ0v) is 18.3. The van der Waals surface area contributed by atoms with Gasteiger partial charge in [-0.25, -0.2) is 0 Å². The molecule has 6 nitrogen and oxygen atoms in total. The zero-order valence-electron chi connectivity index (χ0n) is 16.6. The fraction of sp³-hybridized carbons (Fsp3) is 0.0870. The third kappa shape index (κ3) is 3.80. The Morgan fingerprint density at radius 1 is 1.00 bits per heavy atom. The molecule has 1 amide bonds. The van der Waals surface area contributed by atoms with Gasteiger partial charge in [0.2, 0.25) is 5.91 Å². The van der Waals surface area contributed by atoms with Gasteiger partial charge in [0, 0.05) is 15.9 Å². The van der Waals surface area contributed by atoms with Crippen molar-refractivity contribution in [2.75, 3.05) is 17.8 Å². The van der Waals surface area contributed by atoms with Gasteiger partial charge in [-0.2, -0.15) is 0 Å². The maximum Gasteiger partial charge on any atom is 0.242 e. The minimum absolute atomic E-state index is 0.00890. The van der Waals surface area contributed by atoms with E-state index >= 15 is 0 Å². The van der Waals surface area contributed by atoms with Crippen molar-refractivity contribution in [1.82, 2.24) is 14.8 Å². The Hall–Kier alpha value is -3.23. The Kier molecular flexibility index (Phi) is 5.40.